The molecule has 1 unspecified atom stereocenters. The van der Waals surface area contributed by atoms with Gasteiger partial charge in [0.1, 0.15) is 5.82 Å². The molecule has 1 saturated heterocycles. The second kappa shape index (κ2) is 9.47. The maximum atomic E-state index is 13.7. The standard InChI is InChI=1S/C26H25FN4O5S/c1-15-24-20(26(32)28-18-6-4-5-17(27)12-18)13-21(16-7-8-22(35-2)23(11-16)36-3)29-25(24)31(30-15)19-9-10-37(33,34)14-19/h4-8,11-13,19H,9-10,14H2,1-3H3,(H,28,32). The van der Waals surface area contributed by atoms with Crippen LogP contribution < -0.4 is 14.8 Å². The number of nitrogens with zero attached hydrogens (tertiary/aromatic N) is 3. The van der Waals surface area contributed by atoms with Crippen LogP contribution in [0.3, 0.4) is 0 Å². The molecule has 2 aromatic carbocycles. The first-order valence-corrected chi connectivity index (χ1v) is 13.4. The molecule has 0 radical (unpaired) electrons. The molecule has 1 N–H and O–H groups in total. The number of ether oxygens (including phenoxy) is 2. The van der Waals surface area contributed by atoms with Crippen LogP contribution in [-0.2, 0) is 9.84 Å². The summed E-state index contributed by atoms with van der Waals surface area (Å²) in [5, 5.41) is 7.85. The highest BCUT2D eigenvalue weighted by atomic mass is 32.2. The molecule has 9 nitrogen and oxygen atoms in total. The van der Waals surface area contributed by atoms with E-state index >= 15 is 0 Å². The molecular weight excluding hydrogens is 499 g/mol. The van der Waals surface area contributed by atoms with Crippen LogP contribution in [0.2, 0.25) is 0 Å². The van der Waals surface area contributed by atoms with Crippen LogP contribution in [0.5, 0.6) is 11.5 Å². The SMILES string of the molecule is COc1ccc(-c2cc(C(=O)Nc3cccc(F)c3)c3c(C)nn(C4CCS(=O)(=O)C4)c3n2)cc1OC. The number of aromatic nitrogens is 3. The van der Waals surface area contributed by atoms with Crippen molar-refractivity contribution >= 4 is 32.5 Å². The van der Waals surface area contributed by atoms with Crippen molar-refractivity contribution in [3.05, 3.63) is 65.6 Å². The minimum atomic E-state index is -3.19. The van der Waals surface area contributed by atoms with Gasteiger partial charge >= 0.3 is 0 Å². The van der Waals surface area contributed by atoms with Gasteiger partial charge in [0.2, 0.25) is 0 Å². The molecule has 1 aliphatic rings. The number of amides is 1. The number of aryl methyl sites for hydroxylation is 1. The quantitative estimate of drug-likeness (QED) is 0.403. The summed E-state index contributed by atoms with van der Waals surface area (Å²) in [5.74, 6) is 0.0978. The zero-order valence-corrected chi connectivity index (χ0v) is 21.3. The molecule has 1 amide bonds. The van der Waals surface area contributed by atoms with Crippen molar-refractivity contribution in [1.29, 1.82) is 0 Å². The number of hydrogen-bond donors (Lipinski definition) is 1. The van der Waals surface area contributed by atoms with E-state index in [1.807, 2.05) is 0 Å². The number of pyridine rings is 1. The van der Waals surface area contributed by atoms with Gasteiger partial charge in [0.05, 0.1) is 54.1 Å². The van der Waals surface area contributed by atoms with Gasteiger partial charge in [0.25, 0.3) is 5.91 Å². The van der Waals surface area contributed by atoms with Crippen LogP contribution in [0.4, 0.5) is 10.1 Å². The third-order valence-electron chi connectivity index (χ3n) is 6.40. The summed E-state index contributed by atoms with van der Waals surface area (Å²) in [7, 11) is -0.129. The summed E-state index contributed by atoms with van der Waals surface area (Å²) in [6, 6.07) is 12.1. The van der Waals surface area contributed by atoms with Gasteiger partial charge in [-0.25, -0.2) is 22.5 Å². The fourth-order valence-electron chi connectivity index (χ4n) is 4.62. The third kappa shape index (κ3) is 4.74. The van der Waals surface area contributed by atoms with E-state index in [-0.39, 0.29) is 17.1 Å². The normalized spacial score (nSPS) is 16.6. The first-order valence-electron chi connectivity index (χ1n) is 11.6. The molecule has 2 aromatic heterocycles. The van der Waals surface area contributed by atoms with Gasteiger partial charge in [-0.2, -0.15) is 5.10 Å². The number of hydrogen-bond acceptors (Lipinski definition) is 7. The summed E-state index contributed by atoms with van der Waals surface area (Å²) in [6.45, 7) is 1.75. The van der Waals surface area contributed by atoms with Gasteiger partial charge in [-0.05, 0) is 55.8 Å². The van der Waals surface area contributed by atoms with E-state index in [9.17, 15) is 17.6 Å². The second-order valence-corrected chi connectivity index (χ2v) is 11.1. The third-order valence-corrected chi connectivity index (χ3v) is 8.15. The van der Waals surface area contributed by atoms with Crippen LogP contribution >= 0.6 is 0 Å². The minimum absolute atomic E-state index is 0.0453. The van der Waals surface area contributed by atoms with Crippen molar-refractivity contribution in [2.75, 3.05) is 31.0 Å². The van der Waals surface area contributed by atoms with Crippen LogP contribution in [0, 0.1) is 12.7 Å². The molecule has 3 heterocycles. The predicted octanol–water partition coefficient (Wildman–Crippen LogP) is 4.17. The van der Waals surface area contributed by atoms with Gasteiger partial charge in [-0.3, -0.25) is 4.79 Å². The molecular formula is C26H25FN4O5S. The van der Waals surface area contributed by atoms with E-state index < -0.39 is 27.6 Å². The maximum Gasteiger partial charge on any atom is 0.256 e. The highest BCUT2D eigenvalue weighted by molar-refractivity contribution is 7.91. The molecule has 5 rings (SSSR count). The zero-order valence-electron chi connectivity index (χ0n) is 20.5. The first-order chi connectivity index (χ1) is 17.7. The van der Waals surface area contributed by atoms with Crippen molar-refractivity contribution in [1.82, 2.24) is 14.8 Å². The smallest absolute Gasteiger partial charge is 0.256 e. The molecule has 1 atom stereocenters. The predicted molar refractivity (Wildman–Crippen MR) is 137 cm³/mol. The number of carbonyl (C=O) groups is 1. The maximum absolute atomic E-state index is 13.7. The summed E-state index contributed by atoms with van der Waals surface area (Å²) in [4.78, 5) is 18.3. The second-order valence-electron chi connectivity index (χ2n) is 8.87. The van der Waals surface area contributed by atoms with Crippen molar-refractivity contribution in [2.45, 2.75) is 19.4 Å². The van der Waals surface area contributed by atoms with E-state index in [1.54, 1.807) is 41.9 Å². The number of methoxy groups -OCH3 is 2. The molecule has 1 fully saturated rings. The van der Waals surface area contributed by atoms with Crippen LogP contribution in [-0.4, -0.2) is 54.8 Å². The zero-order chi connectivity index (χ0) is 26.3. The number of sulfone groups is 1. The fraction of sp³-hybridized carbons (Fsp3) is 0.269. The van der Waals surface area contributed by atoms with Gasteiger partial charge in [0.15, 0.2) is 27.0 Å². The Morgan fingerprint density at radius 2 is 1.89 bits per heavy atom. The highest BCUT2D eigenvalue weighted by Crippen LogP contribution is 2.35. The van der Waals surface area contributed by atoms with Gasteiger partial charge in [-0.1, -0.05) is 6.07 Å². The van der Waals surface area contributed by atoms with Crippen molar-refractivity contribution in [2.24, 2.45) is 0 Å². The molecule has 0 spiro atoms. The summed E-state index contributed by atoms with van der Waals surface area (Å²) < 4.78 is 50.5. The summed E-state index contributed by atoms with van der Waals surface area (Å²) in [5.41, 5.74) is 2.63. The number of benzene rings is 2. The lowest BCUT2D eigenvalue weighted by Gasteiger charge is -2.13. The van der Waals surface area contributed by atoms with Gasteiger partial charge in [-0.15, -0.1) is 0 Å². The Morgan fingerprint density at radius 3 is 2.57 bits per heavy atom. The van der Waals surface area contributed by atoms with Gasteiger partial charge < -0.3 is 14.8 Å². The number of halogens is 1. The number of nitrogens with one attached hydrogen (secondary N) is 1. The Kier molecular flexibility index (Phi) is 6.32. The average Bonchev–Trinajstić information content (AvgIpc) is 3.41. The minimum Gasteiger partial charge on any atom is -0.493 e. The Balaban J connectivity index is 1.69. The van der Waals surface area contributed by atoms with E-state index in [4.69, 9.17) is 14.5 Å². The van der Waals surface area contributed by atoms with E-state index in [1.165, 1.54) is 32.4 Å². The Bertz CT molecular complexity index is 1630. The highest BCUT2D eigenvalue weighted by Gasteiger charge is 2.32. The molecule has 0 saturated carbocycles. The first kappa shape index (κ1) is 24.7. The Morgan fingerprint density at radius 1 is 1.11 bits per heavy atom. The molecule has 192 valence electrons. The lowest BCUT2D eigenvalue weighted by atomic mass is 10.0. The Hall–Kier alpha value is -3.99. The average molecular weight is 525 g/mol. The van der Waals surface area contributed by atoms with Crippen molar-refractivity contribution in [3.8, 4) is 22.8 Å². The van der Waals surface area contributed by atoms with E-state index in [0.29, 0.717) is 51.6 Å². The van der Waals surface area contributed by atoms with Crippen LogP contribution in [0.1, 0.15) is 28.5 Å². The molecule has 1 aliphatic heterocycles. The summed E-state index contributed by atoms with van der Waals surface area (Å²) >= 11 is 0. The number of rotatable bonds is 6. The molecule has 0 bridgehead atoms. The monoisotopic (exact) mass is 524 g/mol. The van der Waals surface area contributed by atoms with Gasteiger partial charge in [0, 0.05) is 11.3 Å². The number of anilines is 1. The number of carbonyl (C=O) groups excluding carboxylic acids is 1. The summed E-state index contributed by atoms with van der Waals surface area (Å²) in [6.07, 6.45) is 0.408. The largest absolute Gasteiger partial charge is 0.493 e. The number of fused-ring (bicyclic) bond motifs is 1. The lowest BCUT2D eigenvalue weighted by Crippen LogP contribution is -2.15. The molecule has 4 aromatic rings. The van der Waals surface area contributed by atoms with Crippen molar-refractivity contribution in [3.63, 3.8) is 0 Å². The Labute approximate surface area is 213 Å². The lowest BCUT2D eigenvalue weighted by molar-refractivity contribution is 0.102. The molecule has 37 heavy (non-hydrogen) atoms. The topological polar surface area (TPSA) is 112 Å². The van der Waals surface area contributed by atoms with Crippen molar-refractivity contribution < 1.29 is 27.1 Å². The van der Waals surface area contributed by atoms with Crippen LogP contribution in [0.15, 0.2) is 48.5 Å². The fourth-order valence-corrected chi connectivity index (χ4v) is 6.32. The van der Waals surface area contributed by atoms with E-state index in [0.717, 1.165) is 0 Å². The van der Waals surface area contributed by atoms with E-state index in [2.05, 4.69) is 10.4 Å². The van der Waals surface area contributed by atoms with Crippen LogP contribution in [0.25, 0.3) is 22.3 Å². The molecule has 0 aliphatic carbocycles. The molecule has 11 heteroatoms.